The van der Waals surface area contributed by atoms with Gasteiger partial charge in [0.05, 0.1) is 31.5 Å². The van der Waals surface area contributed by atoms with Gasteiger partial charge in [-0.3, -0.25) is 25.2 Å². The Balaban J connectivity index is 1.55. The number of hydrogen-bond donors (Lipinski definition) is 3. The highest BCUT2D eigenvalue weighted by molar-refractivity contribution is 6.00. The van der Waals surface area contributed by atoms with Crippen LogP contribution in [0.3, 0.4) is 0 Å². The number of carbonyl (C=O) groups excluding carboxylic acids is 3. The van der Waals surface area contributed by atoms with E-state index in [2.05, 4.69) is 16.2 Å². The van der Waals surface area contributed by atoms with Crippen molar-refractivity contribution in [3.8, 4) is 11.5 Å². The highest BCUT2D eigenvalue weighted by atomic mass is 16.5. The Bertz CT molecular complexity index is 965. The Kier molecular flexibility index (Phi) is 7.91. The quantitative estimate of drug-likeness (QED) is 0.542. The van der Waals surface area contributed by atoms with E-state index in [1.54, 1.807) is 43.5 Å². The van der Waals surface area contributed by atoms with Crippen molar-refractivity contribution in [2.24, 2.45) is 0 Å². The first-order chi connectivity index (χ1) is 15.5. The minimum atomic E-state index is -0.667. The van der Waals surface area contributed by atoms with Crippen molar-refractivity contribution in [3.63, 3.8) is 0 Å². The molecule has 9 heteroatoms. The average molecular weight is 441 g/mol. The number of nitrogens with zero attached hydrogens (tertiary/aromatic N) is 1. The molecule has 32 heavy (non-hydrogen) atoms. The fraction of sp³-hybridized carbons (Fsp3) is 0.348. The molecule has 1 saturated heterocycles. The maximum absolute atomic E-state index is 13.1. The summed E-state index contributed by atoms with van der Waals surface area (Å²) in [5, 5.41) is 2.96. The molecule has 0 aliphatic carbocycles. The number of likely N-dealkylation sites (tertiary alicyclic amines) is 1. The van der Waals surface area contributed by atoms with E-state index in [1.165, 1.54) is 4.90 Å². The van der Waals surface area contributed by atoms with Gasteiger partial charge in [-0.25, -0.2) is 0 Å². The summed E-state index contributed by atoms with van der Waals surface area (Å²) in [6.07, 6.45) is 1.22. The van der Waals surface area contributed by atoms with Crippen LogP contribution < -0.4 is 25.6 Å². The van der Waals surface area contributed by atoms with Crippen LogP contribution in [0.5, 0.6) is 11.5 Å². The molecule has 3 amide bonds. The predicted molar refractivity (Wildman–Crippen MR) is 119 cm³/mol. The molecule has 9 nitrogen and oxygen atoms in total. The molecule has 3 rings (SSSR count). The number of methoxy groups -OCH3 is 1. The molecule has 1 unspecified atom stereocenters. The molecular formula is C23H28N4O5. The second-order valence-electron chi connectivity index (χ2n) is 7.18. The van der Waals surface area contributed by atoms with E-state index in [-0.39, 0.29) is 12.5 Å². The number of amides is 3. The van der Waals surface area contributed by atoms with Crippen LogP contribution in [-0.4, -0.2) is 55.5 Å². The summed E-state index contributed by atoms with van der Waals surface area (Å²) in [4.78, 5) is 39.4. The van der Waals surface area contributed by atoms with Gasteiger partial charge >= 0.3 is 0 Å². The SMILES string of the molecule is CCOc1ccccc1C(=O)N1CCCC1C(=O)NNC(=O)CNc1ccccc1OC. The third-order valence-corrected chi connectivity index (χ3v) is 5.11. The monoisotopic (exact) mass is 440 g/mol. The maximum Gasteiger partial charge on any atom is 0.261 e. The molecule has 1 fully saturated rings. The van der Waals surface area contributed by atoms with Gasteiger partial charge in [-0.1, -0.05) is 24.3 Å². The lowest BCUT2D eigenvalue weighted by Gasteiger charge is -2.25. The summed E-state index contributed by atoms with van der Waals surface area (Å²) in [6, 6.07) is 13.5. The number of ether oxygens (including phenoxy) is 2. The lowest BCUT2D eigenvalue weighted by atomic mass is 10.1. The molecule has 0 spiro atoms. The molecule has 2 aromatic carbocycles. The molecule has 0 bridgehead atoms. The Morgan fingerprint density at radius 2 is 1.75 bits per heavy atom. The van der Waals surface area contributed by atoms with Crippen LogP contribution >= 0.6 is 0 Å². The van der Waals surface area contributed by atoms with Gasteiger partial charge < -0.3 is 19.7 Å². The molecule has 1 atom stereocenters. The maximum atomic E-state index is 13.1. The molecule has 0 radical (unpaired) electrons. The van der Waals surface area contributed by atoms with E-state index >= 15 is 0 Å². The number of hydrogen-bond acceptors (Lipinski definition) is 6. The van der Waals surface area contributed by atoms with E-state index in [4.69, 9.17) is 9.47 Å². The van der Waals surface area contributed by atoms with Crippen molar-refractivity contribution in [1.82, 2.24) is 15.8 Å². The zero-order valence-corrected chi connectivity index (χ0v) is 18.2. The summed E-state index contributed by atoms with van der Waals surface area (Å²) in [7, 11) is 1.54. The van der Waals surface area contributed by atoms with Gasteiger partial charge in [-0.15, -0.1) is 0 Å². The Hall–Kier alpha value is -3.75. The zero-order chi connectivity index (χ0) is 22.9. The lowest BCUT2D eigenvalue weighted by Crippen LogP contribution is -2.52. The molecule has 1 aliphatic heterocycles. The molecule has 0 aromatic heterocycles. The average Bonchev–Trinajstić information content (AvgIpc) is 3.31. The van der Waals surface area contributed by atoms with Crippen molar-refractivity contribution >= 4 is 23.4 Å². The summed E-state index contributed by atoms with van der Waals surface area (Å²) in [5.41, 5.74) is 5.90. The van der Waals surface area contributed by atoms with Gasteiger partial charge in [-0.05, 0) is 44.0 Å². The number of carbonyl (C=O) groups is 3. The van der Waals surface area contributed by atoms with E-state index < -0.39 is 17.9 Å². The Labute approximate surface area is 187 Å². The topological polar surface area (TPSA) is 109 Å². The normalized spacial score (nSPS) is 15.1. The van der Waals surface area contributed by atoms with Crippen molar-refractivity contribution in [1.29, 1.82) is 0 Å². The van der Waals surface area contributed by atoms with Crippen LogP contribution in [0, 0.1) is 0 Å². The van der Waals surface area contributed by atoms with Gasteiger partial charge in [0, 0.05) is 6.54 Å². The van der Waals surface area contributed by atoms with Crippen LogP contribution in [-0.2, 0) is 9.59 Å². The predicted octanol–water partition coefficient (Wildman–Crippen LogP) is 1.96. The minimum absolute atomic E-state index is 0.0598. The highest BCUT2D eigenvalue weighted by Gasteiger charge is 2.35. The fourth-order valence-electron chi connectivity index (χ4n) is 3.59. The van der Waals surface area contributed by atoms with Gasteiger partial charge in [0.15, 0.2) is 0 Å². The van der Waals surface area contributed by atoms with E-state index in [9.17, 15) is 14.4 Å². The van der Waals surface area contributed by atoms with Crippen LogP contribution in [0.1, 0.15) is 30.1 Å². The largest absolute Gasteiger partial charge is 0.495 e. The molecule has 3 N–H and O–H groups in total. The molecular weight excluding hydrogens is 412 g/mol. The fourth-order valence-corrected chi connectivity index (χ4v) is 3.59. The first-order valence-corrected chi connectivity index (χ1v) is 10.5. The number of para-hydroxylation sites is 3. The van der Waals surface area contributed by atoms with E-state index in [0.29, 0.717) is 48.7 Å². The first kappa shape index (κ1) is 22.9. The van der Waals surface area contributed by atoms with Gasteiger partial charge in [0.1, 0.15) is 17.5 Å². The van der Waals surface area contributed by atoms with Crippen molar-refractivity contribution in [3.05, 3.63) is 54.1 Å². The van der Waals surface area contributed by atoms with E-state index in [1.807, 2.05) is 19.1 Å². The Morgan fingerprint density at radius 3 is 2.50 bits per heavy atom. The van der Waals surface area contributed by atoms with E-state index in [0.717, 1.165) is 0 Å². The number of rotatable bonds is 8. The standard InChI is InChI=1S/C23H28N4O5/c1-3-32-19-12-6-4-9-16(19)23(30)27-14-8-11-18(27)22(29)26-25-21(28)15-24-17-10-5-7-13-20(17)31-2/h4-7,9-10,12-13,18,24H,3,8,11,14-15H2,1-2H3,(H,25,28)(H,26,29). The smallest absolute Gasteiger partial charge is 0.261 e. The second kappa shape index (κ2) is 11.0. The van der Waals surface area contributed by atoms with Crippen LogP contribution in [0.15, 0.2) is 48.5 Å². The zero-order valence-electron chi connectivity index (χ0n) is 18.2. The minimum Gasteiger partial charge on any atom is -0.495 e. The Morgan fingerprint density at radius 1 is 1.03 bits per heavy atom. The van der Waals surface area contributed by atoms with Crippen molar-refractivity contribution < 1.29 is 23.9 Å². The first-order valence-electron chi connectivity index (χ1n) is 10.5. The molecule has 2 aromatic rings. The molecule has 170 valence electrons. The van der Waals surface area contributed by atoms with Gasteiger partial charge in [-0.2, -0.15) is 0 Å². The third kappa shape index (κ3) is 5.48. The summed E-state index contributed by atoms with van der Waals surface area (Å²) in [5.74, 6) is -0.0355. The summed E-state index contributed by atoms with van der Waals surface area (Å²) in [6.45, 7) is 2.68. The lowest BCUT2D eigenvalue weighted by molar-refractivity contribution is -0.130. The van der Waals surface area contributed by atoms with Gasteiger partial charge in [0.2, 0.25) is 0 Å². The van der Waals surface area contributed by atoms with Gasteiger partial charge in [0.25, 0.3) is 17.7 Å². The molecule has 1 aliphatic rings. The molecule has 0 saturated carbocycles. The number of anilines is 1. The van der Waals surface area contributed by atoms with Crippen LogP contribution in [0.2, 0.25) is 0 Å². The summed E-state index contributed by atoms with van der Waals surface area (Å²) < 4.78 is 10.8. The number of hydrazine groups is 1. The number of nitrogens with one attached hydrogen (secondary N) is 3. The number of benzene rings is 2. The van der Waals surface area contributed by atoms with Crippen LogP contribution in [0.25, 0.3) is 0 Å². The second-order valence-corrected chi connectivity index (χ2v) is 7.18. The van der Waals surface area contributed by atoms with Crippen molar-refractivity contribution in [2.75, 3.05) is 32.1 Å². The van der Waals surface area contributed by atoms with Crippen LogP contribution in [0.4, 0.5) is 5.69 Å². The third-order valence-electron chi connectivity index (χ3n) is 5.11. The molecule has 1 heterocycles. The summed E-state index contributed by atoms with van der Waals surface area (Å²) >= 11 is 0. The highest BCUT2D eigenvalue weighted by Crippen LogP contribution is 2.25. The van der Waals surface area contributed by atoms with Crippen molar-refractivity contribution in [2.45, 2.75) is 25.8 Å².